The Morgan fingerprint density at radius 1 is 1.35 bits per heavy atom. The first-order chi connectivity index (χ1) is 9.25. The Balaban J connectivity index is 0.00000200. The Morgan fingerprint density at radius 3 is 2.70 bits per heavy atom. The molecule has 1 aromatic rings. The standard InChI is InChI=1S/C15H23N3S.HI/c1-18(2)15(17-12-14-9-6-10-19-14)16-11-13-7-4-3-5-8-13;/h3-5,7-8,14H,6,9-12H2,1-2H3,(H,16,17);1H. The highest BCUT2D eigenvalue weighted by Crippen LogP contribution is 2.25. The van der Waals surface area contributed by atoms with Gasteiger partial charge in [0.2, 0.25) is 0 Å². The lowest BCUT2D eigenvalue weighted by atomic mass is 10.2. The van der Waals surface area contributed by atoms with Gasteiger partial charge in [0.15, 0.2) is 5.96 Å². The molecule has 0 amide bonds. The summed E-state index contributed by atoms with van der Waals surface area (Å²) in [5, 5.41) is 4.24. The van der Waals surface area contributed by atoms with Crippen LogP contribution >= 0.6 is 35.7 Å². The molecule has 2 rings (SSSR count). The van der Waals surface area contributed by atoms with Gasteiger partial charge in [0, 0.05) is 25.9 Å². The van der Waals surface area contributed by atoms with E-state index < -0.39 is 0 Å². The number of guanidine groups is 1. The molecule has 1 N–H and O–H groups in total. The van der Waals surface area contributed by atoms with Gasteiger partial charge in [0.1, 0.15) is 0 Å². The predicted octanol–water partition coefficient (Wildman–Crippen LogP) is 3.21. The lowest BCUT2D eigenvalue weighted by Gasteiger charge is -2.19. The fourth-order valence-electron chi connectivity index (χ4n) is 2.12. The molecule has 1 aliphatic heterocycles. The van der Waals surface area contributed by atoms with Crippen LogP contribution in [0.4, 0.5) is 0 Å². The van der Waals surface area contributed by atoms with Crippen molar-refractivity contribution in [2.45, 2.75) is 24.6 Å². The first-order valence-electron chi connectivity index (χ1n) is 6.87. The van der Waals surface area contributed by atoms with E-state index in [1.165, 1.54) is 24.2 Å². The summed E-state index contributed by atoms with van der Waals surface area (Å²) >= 11 is 2.07. The third-order valence-electron chi connectivity index (χ3n) is 3.19. The number of hydrogen-bond donors (Lipinski definition) is 1. The Kier molecular flexibility index (Phi) is 8.37. The third kappa shape index (κ3) is 5.91. The molecule has 0 aliphatic carbocycles. The van der Waals surface area contributed by atoms with E-state index in [1.54, 1.807) is 0 Å². The van der Waals surface area contributed by atoms with E-state index in [0.29, 0.717) is 0 Å². The van der Waals surface area contributed by atoms with Crippen LogP contribution in [0.1, 0.15) is 18.4 Å². The summed E-state index contributed by atoms with van der Waals surface area (Å²) in [6.45, 7) is 1.76. The normalized spacial score (nSPS) is 18.5. The van der Waals surface area contributed by atoms with Crippen molar-refractivity contribution in [3.05, 3.63) is 35.9 Å². The van der Waals surface area contributed by atoms with E-state index in [2.05, 4.69) is 51.2 Å². The molecule has 1 aromatic carbocycles. The molecule has 1 heterocycles. The van der Waals surface area contributed by atoms with Crippen molar-refractivity contribution in [1.29, 1.82) is 0 Å². The van der Waals surface area contributed by atoms with Crippen LogP contribution in [0, 0.1) is 0 Å². The quantitative estimate of drug-likeness (QED) is 0.474. The molecular formula is C15H24IN3S. The lowest BCUT2D eigenvalue weighted by Crippen LogP contribution is -2.39. The van der Waals surface area contributed by atoms with Gasteiger partial charge in [-0.1, -0.05) is 30.3 Å². The Morgan fingerprint density at radius 2 is 2.10 bits per heavy atom. The first-order valence-corrected chi connectivity index (χ1v) is 7.92. The molecule has 1 unspecified atom stereocenters. The zero-order valence-corrected chi connectivity index (χ0v) is 15.4. The first kappa shape index (κ1) is 17.6. The second-order valence-corrected chi connectivity index (χ2v) is 6.44. The molecular weight excluding hydrogens is 381 g/mol. The summed E-state index contributed by atoms with van der Waals surface area (Å²) in [6, 6.07) is 10.4. The average molecular weight is 405 g/mol. The molecule has 1 fully saturated rings. The zero-order chi connectivity index (χ0) is 13.5. The van der Waals surface area contributed by atoms with Gasteiger partial charge in [-0.25, -0.2) is 4.99 Å². The fourth-order valence-corrected chi connectivity index (χ4v) is 3.32. The highest BCUT2D eigenvalue weighted by molar-refractivity contribution is 14.0. The second-order valence-electron chi connectivity index (χ2n) is 5.04. The molecule has 3 nitrogen and oxygen atoms in total. The minimum absolute atomic E-state index is 0. The van der Waals surface area contributed by atoms with Crippen molar-refractivity contribution in [2.24, 2.45) is 4.99 Å². The summed E-state index contributed by atoms with van der Waals surface area (Å²) in [5.74, 6) is 2.29. The highest BCUT2D eigenvalue weighted by atomic mass is 127. The number of benzene rings is 1. The van der Waals surface area contributed by atoms with Crippen LogP contribution in [0.2, 0.25) is 0 Å². The molecule has 1 aliphatic rings. The summed E-state index contributed by atoms with van der Waals surface area (Å²) in [4.78, 5) is 6.73. The van der Waals surface area contributed by atoms with Gasteiger partial charge in [-0.3, -0.25) is 0 Å². The van der Waals surface area contributed by atoms with E-state index in [4.69, 9.17) is 0 Å². The van der Waals surface area contributed by atoms with E-state index in [1.807, 2.05) is 20.2 Å². The largest absolute Gasteiger partial charge is 0.355 e. The maximum atomic E-state index is 4.68. The van der Waals surface area contributed by atoms with Gasteiger partial charge in [-0.05, 0) is 24.2 Å². The molecule has 0 saturated carbocycles. The number of hydrogen-bond acceptors (Lipinski definition) is 2. The van der Waals surface area contributed by atoms with Gasteiger partial charge in [0.25, 0.3) is 0 Å². The predicted molar refractivity (Wildman–Crippen MR) is 100 cm³/mol. The second kappa shape index (κ2) is 9.50. The van der Waals surface area contributed by atoms with Crippen molar-refractivity contribution >= 4 is 41.7 Å². The van der Waals surface area contributed by atoms with Gasteiger partial charge >= 0.3 is 0 Å². The Bertz CT molecular complexity index is 403. The monoisotopic (exact) mass is 405 g/mol. The number of thioether (sulfide) groups is 1. The number of nitrogens with zero attached hydrogens (tertiary/aromatic N) is 2. The minimum Gasteiger partial charge on any atom is -0.355 e. The van der Waals surface area contributed by atoms with Crippen molar-refractivity contribution in [2.75, 3.05) is 26.4 Å². The highest BCUT2D eigenvalue weighted by Gasteiger charge is 2.15. The van der Waals surface area contributed by atoms with Gasteiger partial charge in [0.05, 0.1) is 6.54 Å². The van der Waals surface area contributed by atoms with Gasteiger partial charge in [-0.15, -0.1) is 24.0 Å². The zero-order valence-electron chi connectivity index (χ0n) is 12.2. The van der Waals surface area contributed by atoms with E-state index in [0.717, 1.165) is 24.3 Å². The lowest BCUT2D eigenvalue weighted by molar-refractivity contribution is 0.574. The van der Waals surface area contributed by atoms with E-state index in [-0.39, 0.29) is 24.0 Å². The third-order valence-corrected chi connectivity index (χ3v) is 4.59. The fraction of sp³-hybridized carbons (Fsp3) is 0.533. The number of nitrogens with one attached hydrogen (secondary N) is 1. The molecule has 20 heavy (non-hydrogen) atoms. The maximum Gasteiger partial charge on any atom is 0.193 e. The molecule has 0 spiro atoms. The van der Waals surface area contributed by atoms with Crippen molar-refractivity contribution in [3.63, 3.8) is 0 Å². The topological polar surface area (TPSA) is 27.6 Å². The molecule has 1 atom stereocenters. The summed E-state index contributed by atoms with van der Waals surface area (Å²) in [7, 11) is 4.08. The number of rotatable bonds is 4. The Hall–Kier alpha value is -0.430. The summed E-state index contributed by atoms with van der Waals surface area (Å²) in [6.07, 6.45) is 2.69. The van der Waals surface area contributed by atoms with Crippen molar-refractivity contribution in [3.8, 4) is 0 Å². The van der Waals surface area contributed by atoms with Gasteiger partial charge in [-0.2, -0.15) is 11.8 Å². The molecule has 0 aromatic heterocycles. The van der Waals surface area contributed by atoms with Gasteiger partial charge < -0.3 is 10.2 Å². The smallest absolute Gasteiger partial charge is 0.193 e. The van der Waals surface area contributed by atoms with Crippen LogP contribution < -0.4 is 5.32 Å². The van der Waals surface area contributed by atoms with Crippen LogP contribution in [0.15, 0.2) is 35.3 Å². The number of aliphatic imine (C=N–C) groups is 1. The van der Waals surface area contributed by atoms with E-state index >= 15 is 0 Å². The maximum absolute atomic E-state index is 4.68. The summed E-state index contributed by atoms with van der Waals surface area (Å²) < 4.78 is 0. The minimum atomic E-state index is 0. The molecule has 1 saturated heterocycles. The van der Waals surface area contributed by atoms with Crippen molar-refractivity contribution < 1.29 is 0 Å². The SMILES string of the molecule is CN(C)C(=NCc1ccccc1)NCC1CCCS1.I. The molecule has 0 radical (unpaired) electrons. The summed E-state index contributed by atoms with van der Waals surface area (Å²) in [5.41, 5.74) is 1.25. The average Bonchev–Trinajstić information content (AvgIpc) is 2.92. The van der Waals surface area contributed by atoms with E-state index in [9.17, 15) is 0 Å². The van der Waals surface area contributed by atoms with Crippen LogP contribution in [-0.4, -0.2) is 42.5 Å². The van der Waals surface area contributed by atoms with Crippen LogP contribution in [-0.2, 0) is 6.54 Å². The Labute approximate surface area is 143 Å². The van der Waals surface area contributed by atoms with Crippen LogP contribution in [0.25, 0.3) is 0 Å². The molecule has 0 bridgehead atoms. The molecule has 112 valence electrons. The molecule has 5 heteroatoms. The number of halogens is 1. The van der Waals surface area contributed by atoms with Crippen LogP contribution in [0.5, 0.6) is 0 Å². The van der Waals surface area contributed by atoms with Crippen molar-refractivity contribution in [1.82, 2.24) is 10.2 Å². The van der Waals surface area contributed by atoms with Crippen LogP contribution in [0.3, 0.4) is 0 Å².